The minimum atomic E-state index is -0.307. The Bertz CT molecular complexity index is 645. The number of carbonyl (C=O) groups is 1. The van der Waals surface area contributed by atoms with E-state index in [4.69, 9.17) is 9.47 Å². The number of methoxy groups -OCH3 is 2. The lowest BCUT2D eigenvalue weighted by Crippen LogP contribution is -2.13. The van der Waals surface area contributed by atoms with E-state index in [-0.39, 0.29) is 11.7 Å². The van der Waals surface area contributed by atoms with Gasteiger partial charge in [0.25, 0.3) is 5.91 Å². The van der Waals surface area contributed by atoms with E-state index in [1.807, 2.05) is 0 Å². The van der Waals surface area contributed by atoms with Crippen molar-refractivity contribution in [2.45, 2.75) is 6.92 Å². The third-order valence-electron chi connectivity index (χ3n) is 3.16. The van der Waals surface area contributed by atoms with Crippen LogP contribution in [-0.4, -0.2) is 25.2 Å². The van der Waals surface area contributed by atoms with Gasteiger partial charge in [0.1, 0.15) is 17.2 Å². The van der Waals surface area contributed by atoms with Crippen molar-refractivity contribution in [1.82, 2.24) is 0 Å². The van der Waals surface area contributed by atoms with Crippen LogP contribution in [-0.2, 0) is 0 Å². The lowest BCUT2D eigenvalue weighted by molar-refractivity contribution is 0.102. The van der Waals surface area contributed by atoms with Crippen molar-refractivity contribution in [3.05, 3.63) is 47.5 Å². The van der Waals surface area contributed by atoms with Crippen LogP contribution in [0.1, 0.15) is 15.9 Å². The van der Waals surface area contributed by atoms with Crippen LogP contribution in [0.5, 0.6) is 17.2 Å². The van der Waals surface area contributed by atoms with Gasteiger partial charge >= 0.3 is 0 Å². The number of nitrogens with one attached hydrogen (secondary N) is 1. The second-order valence-electron chi connectivity index (χ2n) is 4.51. The van der Waals surface area contributed by atoms with Crippen molar-refractivity contribution in [2.24, 2.45) is 0 Å². The smallest absolute Gasteiger partial charge is 0.256 e. The summed E-state index contributed by atoms with van der Waals surface area (Å²) in [5.41, 5.74) is 1.50. The van der Waals surface area contributed by atoms with Crippen LogP contribution in [0.2, 0.25) is 0 Å². The highest BCUT2D eigenvalue weighted by atomic mass is 16.5. The molecule has 0 aliphatic carbocycles. The quantitative estimate of drug-likeness (QED) is 0.907. The molecule has 0 radical (unpaired) electrons. The zero-order valence-corrected chi connectivity index (χ0v) is 12.1. The first kappa shape index (κ1) is 14.7. The summed E-state index contributed by atoms with van der Waals surface area (Å²) < 4.78 is 10.3. The normalized spacial score (nSPS) is 10.0. The number of hydrogen-bond acceptors (Lipinski definition) is 4. The Balaban J connectivity index is 2.29. The molecule has 0 spiro atoms. The van der Waals surface area contributed by atoms with Crippen LogP contribution >= 0.6 is 0 Å². The predicted octanol–water partition coefficient (Wildman–Crippen LogP) is 2.97. The van der Waals surface area contributed by atoms with Gasteiger partial charge in [-0.2, -0.15) is 0 Å². The van der Waals surface area contributed by atoms with E-state index in [9.17, 15) is 9.90 Å². The number of carbonyl (C=O) groups excluding carboxylic acids is 1. The number of hydrogen-bond donors (Lipinski definition) is 2. The maximum absolute atomic E-state index is 12.3. The van der Waals surface area contributed by atoms with Crippen molar-refractivity contribution in [1.29, 1.82) is 0 Å². The molecular formula is C16H17NO4. The third-order valence-corrected chi connectivity index (χ3v) is 3.16. The largest absolute Gasteiger partial charge is 0.508 e. The Hall–Kier alpha value is -2.69. The van der Waals surface area contributed by atoms with E-state index >= 15 is 0 Å². The molecule has 5 nitrogen and oxygen atoms in total. The molecule has 2 aromatic carbocycles. The summed E-state index contributed by atoms with van der Waals surface area (Å²) in [5.74, 6) is 0.944. The first-order valence-electron chi connectivity index (χ1n) is 6.38. The highest BCUT2D eigenvalue weighted by Crippen LogP contribution is 2.27. The molecule has 0 aliphatic rings. The average Bonchev–Trinajstić information content (AvgIpc) is 2.49. The van der Waals surface area contributed by atoms with E-state index in [1.165, 1.54) is 0 Å². The number of rotatable bonds is 4. The third kappa shape index (κ3) is 3.25. The number of aromatic hydroxyl groups is 1. The molecule has 0 aliphatic heterocycles. The molecule has 0 bridgehead atoms. The van der Waals surface area contributed by atoms with Gasteiger partial charge in [-0.25, -0.2) is 0 Å². The van der Waals surface area contributed by atoms with Crippen LogP contribution in [0.25, 0.3) is 0 Å². The first-order chi connectivity index (χ1) is 10.0. The van der Waals surface area contributed by atoms with Gasteiger partial charge in [0.15, 0.2) is 0 Å². The summed E-state index contributed by atoms with van der Waals surface area (Å²) in [6, 6.07) is 9.93. The first-order valence-corrected chi connectivity index (χ1v) is 6.38. The summed E-state index contributed by atoms with van der Waals surface area (Å²) >= 11 is 0. The van der Waals surface area contributed by atoms with Crippen molar-refractivity contribution >= 4 is 11.6 Å². The molecule has 0 unspecified atom stereocenters. The van der Waals surface area contributed by atoms with Gasteiger partial charge in [0.05, 0.1) is 14.2 Å². The molecule has 2 aromatic rings. The van der Waals surface area contributed by atoms with Crippen molar-refractivity contribution < 1.29 is 19.4 Å². The van der Waals surface area contributed by atoms with Gasteiger partial charge in [-0.05, 0) is 19.1 Å². The molecule has 2 rings (SSSR count). The summed E-state index contributed by atoms with van der Waals surface area (Å²) in [4.78, 5) is 12.3. The Morgan fingerprint density at radius 1 is 1.10 bits per heavy atom. The minimum absolute atomic E-state index is 0.0888. The zero-order chi connectivity index (χ0) is 15.4. The van der Waals surface area contributed by atoms with E-state index in [0.717, 1.165) is 0 Å². The highest BCUT2D eigenvalue weighted by molar-refractivity contribution is 6.05. The number of amides is 1. The number of benzene rings is 2. The molecule has 110 valence electrons. The number of ether oxygens (including phenoxy) is 2. The van der Waals surface area contributed by atoms with Crippen LogP contribution in [0.4, 0.5) is 5.69 Å². The summed E-state index contributed by atoms with van der Waals surface area (Å²) in [6.45, 7) is 1.69. The van der Waals surface area contributed by atoms with Crippen molar-refractivity contribution in [3.8, 4) is 17.2 Å². The summed E-state index contributed by atoms with van der Waals surface area (Å²) in [5, 5.41) is 12.4. The molecule has 0 saturated heterocycles. The lowest BCUT2D eigenvalue weighted by atomic mass is 10.1. The Morgan fingerprint density at radius 3 is 2.29 bits per heavy atom. The topological polar surface area (TPSA) is 67.8 Å². The maximum Gasteiger partial charge on any atom is 0.256 e. The minimum Gasteiger partial charge on any atom is -0.508 e. The van der Waals surface area contributed by atoms with Crippen LogP contribution in [0, 0.1) is 6.92 Å². The Labute approximate surface area is 123 Å². The van der Waals surface area contributed by atoms with E-state index in [0.29, 0.717) is 28.3 Å². The van der Waals surface area contributed by atoms with E-state index < -0.39 is 0 Å². The second kappa shape index (κ2) is 6.17. The molecule has 0 aromatic heterocycles. The molecule has 2 N–H and O–H groups in total. The molecule has 0 heterocycles. The van der Waals surface area contributed by atoms with E-state index in [1.54, 1.807) is 57.5 Å². The molecule has 0 atom stereocenters. The fourth-order valence-corrected chi connectivity index (χ4v) is 1.95. The molecule has 0 fully saturated rings. The average molecular weight is 287 g/mol. The fourth-order valence-electron chi connectivity index (χ4n) is 1.95. The van der Waals surface area contributed by atoms with Gasteiger partial charge in [-0.1, -0.05) is 6.07 Å². The van der Waals surface area contributed by atoms with Crippen LogP contribution in [0.15, 0.2) is 36.4 Å². The van der Waals surface area contributed by atoms with Gasteiger partial charge in [0, 0.05) is 35.0 Å². The van der Waals surface area contributed by atoms with Crippen LogP contribution in [0.3, 0.4) is 0 Å². The highest BCUT2D eigenvalue weighted by Gasteiger charge is 2.12. The standard InChI is InChI=1S/C16H17NO4/c1-10-14(5-4-6-15(10)18)16(19)17-11-7-12(20-2)9-13(8-11)21-3/h4-9,18H,1-3H3,(H,17,19). The molecule has 21 heavy (non-hydrogen) atoms. The van der Waals surface area contributed by atoms with E-state index in [2.05, 4.69) is 5.32 Å². The fraction of sp³-hybridized carbons (Fsp3) is 0.188. The number of phenolic OH excluding ortho intramolecular Hbond substituents is 1. The van der Waals surface area contributed by atoms with Crippen molar-refractivity contribution in [3.63, 3.8) is 0 Å². The second-order valence-corrected chi connectivity index (χ2v) is 4.51. The zero-order valence-electron chi connectivity index (χ0n) is 12.1. The molecule has 5 heteroatoms. The maximum atomic E-state index is 12.3. The lowest BCUT2D eigenvalue weighted by Gasteiger charge is -2.11. The summed E-state index contributed by atoms with van der Waals surface area (Å²) in [6.07, 6.45) is 0. The van der Waals surface area contributed by atoms with Gasteiger partial charge in [-0.15, -0.1) is 0 Å². The van der Waals surface area contributed by atoms with Gasteiger partial charge in [0.2, 0.25) is 0 Å². The molecular weight excluding hydrogens is 270 g/mol. The van der Waals surface area contributed by atoms with Crippen molar-refractivity contribution in [2.75, 3.05) is 19.5 Å². The predicted molar refractivity (Wildman–Crippen MR) is 80.3 cm³/mol. The van der Waals surface area contributed by atoms with Gasteiger partial charge < -0.3 is 19.9 Å². The number of phenols is 1. The van der Waals surface area contributed by atoms with Crippen LogP contribution < -0.4 is 14.8 Å². The molecule has 0 saturated carbocycles. The number of anilines is 1. The summed E-state index contributed by atoms with van der Waals surface area (Å²) in [7, 11) is 3.08. The Morgan fingerprint density at radius 2 is 1.71 bits per heavy atom. The Kier molecular flexibility index (Phi) is 4.33. The molecule has 1 amide bonds. The SMILES string of the molecule is COc1cc(NC(=O)c2cccc(O)c2C)cc(OC)c1. The monoisotopic (exact) mass is 287 g/mol. The van der Waals surface area contributed by atoms with Gasteiger partial charge in [-0.3, -0.25) is 4.79 Å².